The minimum Gasteiger partial charge on any atom is -0.368 e. The lowest BCUT2D eigenvalue weighted by atomic mass is 10.1. The van der Waals surface area contributed by atoms with Gasteiger partial charge in [-0.25, -0.2) is 4.98 Å². The Morgan fingerprint density at radius 1 is 1.44 bits per heavy atom. The van der Waals surface area contributed by atoms with Crippen LogP contribution in [0.5, 0.6) is 0 Å². The molecule has 0 saturated heterocycles. The largest absolute Gasteiger partial charge is 0.368 e. The quantitative estimate of drug-likeness (QED) is 0.857. The van der Waals surface area contributed by atoms with Crippen LogP contribution in [0.4, 0.5) is 11.8 Å². The number of rotatable bonds is 4. The molecule has 18 heavy (non-hydrogen) atoms. The molecule has 2 aromatic heterocycles. The zero-order chi connectivity index (χ0) is 13.1. The Morgan fingerprint density at radius 2 is 2.22 bits per heavy atom. The molecule has 0 bridgehead atoms. The maximum atomic E-state index is 5.64. The first-order chi connectivity index (χ1) is 8.58. The molecule has 0 amide bonds. The van der Waals surface area contributed by atoms with E-state index in [1.54, 1.807) is 4.68 Å². The third kappa shape index (κ3) is 2.77. The highest BCUT2D eigenvalue weighted by atomic mass is 15.2. The van der Waals surface area contributed by atoms with Crippen molar-refractivity contribution >= 4 is 11.8 Å². The van der Waals surface area contributed by atoms with Gasteiger partial charge in [0, 0.05) is 30.6 Å². The molecule has 1 atom stereocenters. The molecule has 2 rings (SSSR count). The summed E-state index contributed by atoms with van der Waals surface area (Å²) < 4.78 is 1.79. The van der Waals surface area contributed by atoms with Gasteiger partial charge in [0.05, 0.1) is 12.2 Å². The molecule has 6 nitrogen and oxygen atoms in total. The second kappa shape index (κ2) is 5.03. The Morgan fingerprint density at radius 3 is 2.78 bits per heavy atom. The zero-order valence-electron chi connectivity index (χ0n) is 10.9. The molecule has 2 aromatic rings. The Balaban J connectivity index is 2.20. The first-order valence-corrected chi connectivity index (χ1v) is 5.94. The fraction of sp³-hybridized carbons (Fsp3) is 0.417. The van der Waals surface area contributed by atoms with Crippen LogP contribution in [0.25, 0.3) is 0 Å². The van der Waals surface area contributed by atoms with Crippen molar-refractivity contribution in [2.24, 2.45) is 7.05 Å². The van der Waals surface area contributed by atoms with E-state index in [4.69, 9.17) is 5.73 Å². The Kier molecular flexibility index (Phi) is 3.45. The molecule has 0 fully saturated rings. The third-order valence-electron chi connectivity index (χ3n) is 2.73. The van der Waals surface area contributed by atoms with Gasteiger partial charge in [0.25, 0.3) is 0 Å². The number of nitrogen functional groups attached to an aromatic ring is 1. The smallest absolute Gasteiger partial charge is 0.222 e. The molecule has 0 radical (unpaired) electrons. The normalized spacial score (nSPS) is 12.4. The lowest BCUT2D eigenvalue weighted by Crippen LogP contribution is -2.11. The van der Waals surface area contributed by atoms with Crippen LogP contribution in [-0.2, 0) is 7.05 Å². The number of anilines is 2. The molecule has 96 valence electrons. The summed E-state index contributed by atoms with van der Waals surface area (Å²) in [5.41, 5.74) is 7.63. The van der Waals surface area contributed by atoms with Gasteiger partial charge in [-0.1, -0.05) is 6.92 Å². The molecular weight excluding hydrogens is 228 g/mol. The number of aryl methyl sites for hydroxylation is 2. The SMILES string of the molecule is CCC(Nc1cc(C)nc(N)n1)c1cnn(C)c1. The molecule has 2 heterocycles. The number of hydrogen-bond acceptors (Lipinski definition) is 5. The van der Waals surface area contributed by atoms with E-state index in [0.717, 1.165) is 23.5 Å². The summed E-state index contributed by atoms with van der Waals surface area (Å²) in [4.78, 5) is 8.24. The highest BCUT2D eigenvalue weighted by Gasteiger charge is 2.12. The minimum atomic E-state index is 0.174. The van der Waals surface area contributed by atoms with E-state index in [1.165, 1.54) is 0 Å². The predicted octanol–water partition coefficient (Wildman–Crippen LogP) is 1.66. The summed E-state index contributed by atoms with van der Waals surface area (Å²) >= 11 is 0. The van der Waals surface area contributed by atoms with Crippen molar-refractivity contribution < 1.29 is 0 Å². The molecule has 1 unspecified atom stereocenters. The molecule has 0 aliphatic rings. The van der Waals surface area contributed by atoms with E-state index in [0.29, 0.717) is 5.95 Å². The minimum absolute atomic E-state index is 0.174. The van der Waals surface area contributed by atoms with Crippen LogP contribution < -0.4 is 11.1 Å². The summed E-state index contributed by atoms with van der Waals surface area (Å²) in [5.74, 6) is 1.04. The molecule has 0 aliphatic heterocycles. The first-order valence-electron chi connectivity index (χ1n) is 5.94. The fourth-order valence-corrected chi connectivity index (χ4v) is 1.89. The van der Waals surface area contributed by atoms with Gasteiger partial charge in [-0.15, -0.1) is 0 Å². The lowest BCUT2D eigenvalue weighted by Gasteiger charge is -2.16. The molecular formula is C12H18N6. The van der Waals surface area contributed by atoms with Crippen molar-refractivity contribution in [1.82, 2.24) is 19.7 Å². The van der Waals surface area contributed by atoms with Crippen LogP contribution in [-0.4, -0.2) is 19.7 Å². The van der Waals surface area contributed by atoms with Gasteiger partial charge in [0.2, 0.25) is 5.95 Å². The van der Waals surface area contributed by atoms with Gasteiger partial charge in [-0.3, -0.25) is 4.68 Å². The van der Waals surface area contributed by atoms with E-state index in [9.17, 15) is 0 Å². The number of nitrogens with one attached hydrogen (secondary N) is 1. The second-order valence-corrected chi connectivity index (χ2v) is 4.31. The van der Waals surface area contributed by atoms with Gasteiger partial charge in [-0.2, -0.15) is 10.1 Å². The van der Waals surface area contributed by atoms with Crippen molar-refractivity contribution in [3.05, 3.63) is 29.7 Å². The zero-order valence-corrected chi connectivity index (χ0v) is 10.9. The average Bonchev–Trinajstić information content (AvgIpc) is 2.71. The van der Waals surface area contributed by atoms with Crippen molar-refractivity contribution in [3.63, 3.8) is 0 Å². The monoisotopic (exact) mass is 246 g/mol. The van der Waals surface area contributed by atoms with Crippen LogP contribution in [0.1, 0.15) is 30.6 Å². The lowest BCUT2D eigenvalue weighted by molar-refractivity contribution is 0.736. The Bertz CT molecular complexity index is 513. The second-order valence-electron chi connectivity index (χ2n) is 4.31. The average molecular weight is 246 g/mol. The van der Waals surface area contributed by atoms with Gasteiger partial charge in [-0.05, 0) is 13.3 Å². The molecule has 3 N–H and O–H groups in total. The maximum absolute atomic E-state index is 5.64. The van der Waals surface area contributed by atoms with Crippen molar-refractivity contribution in [2.75, 3.05) is 11.1 Å². The third-order valence-corrected chi connectivity index (χ3v) is 2.73. The predicted molar refractivity (Wildman–Crippen MR) is 71.0 cm³/mol. The van der Waals surface area contributed by atoms with E-state index < -0.39 is 0 Å². The van der Waals surface area contributed by atoms with Crippen molar-refractivity contribution in [1.29, 1.82) is 0 Å². The van der Waals surface area contributed by atoms with E-state index in [-0.39, 0.29) is 6.04 Å². The standard InChI is InChI=1S/C12H18N6/c1-4-10(9-6-14-18(3)7-9)16-11-5-8(2)15-12(13)17-11/h5-7,10H,4H2,1-3H3,(H3,13,15,16,17). The molecule has 0 aliphatic carbocycles. The summed E-state index contributed by atoms with van der Waals surface area (Å²) in [7, 11) is 1.91. The number of nitrogens with zero attached hydrogens (tertiary/aromatic N) is 4. The summed E-state index contributed by atoms with van der Waals surface area (Å²) in [5, 5.41) is 7.54. The molecule has 0 aromatic carbocycles. The van der Waals surface area contributed by atoms with Crippen LogP contribution in [0, 0.1) is 6.92 Å². The molecule has 6 heteroatoms. The van der Waals surface area contributed by atoms with Crippen LogP contribution in [0.2, 0.25) is 0 Å². The van der Waals surface area contributed by atoms with Gasteiger partial charge in [0.15, 0.2) is 0 Å². The first kappa shape index (κ1) is 12.3. The van der Waals surface area contributed by atoms with E-state index in [2.05, 4.69) is 27.3 Å². The van der Waals surface area contributed by atoms with Crippen molar-refractivity contribution in [3.8, 4) is 0 Å². The van der Waals surface area contributed by atoms with E-state index in [1.807, 2.05) is 32.4 Å². The van der Waals surface area contributed by atoms with Crippen LogP contribution >= 0.6 is 0 Å². The summed E-state index contributed by atoms with van der Waals surface area (Å²) in [6.07, 6.45) is 4.80. The maximum Gasteiger partial charge on any atom is 0.222 e. The number of aromatic nitrogens is 4. The Labute approximate surface area is 106 Å². The highest BCUT2D eigenvalue weighted by molar-refractivity contribution is 5.42. The van der Waals surface area contributed by atoms with Gasteiger partial charge >= 0.3 is 0 Å². The topological polar surface area (TPSA) is 81.7 Å². The molecule has 0 saturated carbocycles. The van der Waals surface area contributed by atoms with Gasteiger partial charge < -0.3 is 11.1 Å². The van der Waals surface area contributed by atoms with E-state index >= 15 is 0 Å². The van der Waals surface area contributed by atoms with Crippen molar-refractivity contribution in [2.45, 2.75) is 26.3 Å². The van der Waals surface area contributed by atoms with Crippen LogP contribution in [0.15, 0.2) is 18.5 Å². The molecule has 0 spiro atoms. The Hall–Kier alpha value is -2.11. The number of nitrogens with two attached hydrogens (primary N) is 1. The van der Waals surface area contributed by atoms with Gasteiger partial charge in [0.1, 0.15) is 5.82 Å². The van der Waals surface area contributed by atoms with Crippen LogP contribution in [0.3, 0.4) is 0 Å². The fourth-order valence-electron chi connectivity index (χ4n) is 1.89. The highest BCUT2D eigenvalue weighted by Crippen LogP contribution is 2.21. The number of hydrogen-bond donors (Lipinski definition) is 2. The summed E-state index contributed by atoms with van der Waals surface area (Å²) in [6, 6.07) is 2.06. The summed E-state index contributed by atoms with van der Waals surface area (Å²) in [6.45, 7) is 4.01.